The number of carbonyl (C=O) groups excluding carboxylic acids is 2. The fraction of sp³-hybridized carbons (Fsp3) is 0.821. The van der Waals surface area contributed by atoms with E-state index in [0.717, 1.165) is 64.2 Å². The molecule has 0 spiro atoms. The van der Waals surface area contributed by atoms with Crippen molar-refractivity contribution in [2.24, 2.45) is 5.73 Å². The molecule has 2 atom stereocenters. The lowest BCUT2D eigenvalue weighted by Crippen LogP contribution is -2.29. The maximum Gasteiger partial charge on any atom is 0.472 e. The molecule has 386 valence electrons. The Morgan fingerprint density at radius 1 is 0.470 bits per heavy atom. The molecule has 0 aromatic rings. The van der Waals surface area contributed by atoms with Crippen LogP contribution in [0, 0.1) is 0 Å². The fourth-order valence-corrected chi connectivity index (χ4v) is 8.69. The molecule has 0 rings (SSSR count). The van der Waals surface area contributed by atoms with E-state index >= 15 is 0 Å². The van der Waals surface area contributed by atoms with Crippen molar-refractivity contribution >= 4 is 19.8 Å². The van der Waals surface area contributed by atoms with Crippen molar-refractivity contribution < 1.29 is 37.6 Å². The van der Waals surface area contributed by atoms with Gasteiger partial charge in [-0.2, -0.15) is 0 Å². The first-order chi connectivity index (χ1) is 32.3. The molecular formula is C56H104NO8P. The Morgan fingerprint density at radius 2 is 0.833 bits per heavy atom. The van der Waals surface area contributed by atoms with E-state index < -0.39 is 26.5 Å². The average Bonchev–Trinajstić information content (AvgIpc) is 3.31. The van der Waals surface area contributed by atoms with E-state index in [4.69, 9.17) is 24.3 Å². The molecule has 0 aliphatic carbocycles. The highest BCUT2D eigenvalue weighted by Gasteiger charge is 2.26. The van der Waals surface area contributed by atoms with E-state index in [1.807, 2.05) is 0 Å². The van der Waals surface area contributed by atoms with Crippen molar-refractivity contribution in [1.29, 1.82) is 0 Å². The number of hydrogen-bond donors (Lipinski definition) is 2. The first-order valence-corrected chi connectivity index (χ1v) is 29.1. The van der Waals surface area contributed by atoms with E-state index in [2.05, 4.69) is 62.5 Å². The van der Waals surface area contributed by atoms with Crippen molar-refractivity contribution in [3.8, 4) is 0 Å². The molecule has 66 heavy (non-hydrogen) atoms. The van der Waals surface area contributed by atoms with Crippen LogP contribution in [0.15, 0.2) is 48.6 Å². The average molecular weight is 950 g/mol. The zero-order valence-corrected chi connectivity index (χ0v) is 43.8. The summed E-state index contributed by atoms with van der Waals surface area (Å²) in [7, 11) is -4.38. The fourth-order valence-electron chi connectivity index (χ4n) is 7.92. The molecular weight excluding hydrogens is 846 g/mol. The van der Waals surface area contributed by atoms with Gasteiger partial charge in [0.15, 0.2) is 6.10 Å². The molecule has 10 heteroatoms. The highest BCUT2D eigenvalue weighted by atomic mass is 31.2. The number of phosphoric ester groups is 1. The molecule has 0 aliphatic rings. The maximum absolute atomic E-state index is 12.7. The standard InChI is InChI=1S/C56H104NO8P/c1-3-5-7-9-11-13-15-17-19-21-23-24-25-26-27-28-29-30-31-33-35-37-39-41-43-45-47-49-56(59)65-54(53-64-66(60,61)63-51-50-57)52-62-55(58)48-46-44-42-40-38-36-34-32-22-20-18-16-14-12-10-8-6-4-2/h5,7,11,13,17,19,23-24,54H,3-4,6,8-10,12,14-16,18,20-22,25-53,57H2,1-2H3,(H,60,61)/b7-5-,13-11-,19-17-,24-23-. The van der Waals surface area contributed by atoms with Crippen LogP contribution in [0.3, 0.4) is 0 Å². The third-order valence-electron chi connectivity index (χ3n) is 12.0. The van der Waals surface area contributed by atoms with Crippen molar-refractivity contribution in [2.75, 3.05) is 26.4 Å². The molecule has 0 aromatic carbocycles. The molecule has 2 unspecified atom stereocenters. The summed E-state index contributed by atoms with van der Waals surface area (Å²) in [6.45, 7) is 3.67. The van der Waals surface area contributed by atoms with Gasteiger partial charge < -0.3 is 20.1 Å². The van der Waals surface area contributed by atoms with Crippen LogP contribution in [0.1, 0.15) is 264 Å². The van der Waals surface area contributed by atoms with Gasteiger partial charge in [0.25, 0.3) is 0 Å². The number of unbranched alkanes of at least 4 members (excludes halogenated alkanes) is 31. The molecule has 0 saturated heterocycles. The largest absolute Gasteiger partial charge is 0.472 e. The number of allylic oxidation sites excluding steroid dienone is 8. The number of nitrogens with two attached hydrogens (primary N) is 1. The quantitative estimate of drug-likeness (QED) is 0.0264. The summed E-state index contributed by atoms with van der Waals surface area (Å²) in [5, 5.41) is 0. The van der Waals surface area contributed by atoms with Gasteiger partial charge in [-0.3, -0.25) is 18.6 Å². The Bertz CT molecular complexity index is 1220. The van der Waals surface area contributed by atoms with Crippen molar-refractivity contribution in [2.45, 2.75) is 270 Å². The Hall–Kier alpha value is -2.03. The Balaban J connectivity index is 3.96. The zero-order chi connectivity index (χ0) is 48.1. The van der Waals surface area contributed by atoms with Gasteiger partial charge in [0, 0.05) is 19.4 Å². The van der Waals surface area contributed by atoms with Gasteiger partial charge in [-0.25, -0.2) is 4.57 Å². The molecule has 0 aliphatic heterocycles. The lowest BCUT2D eigenvalue weighted by Gasteiger charge is -2.19. The highest BCUT2D eigenvalue weighted by molar-refractivity contribution is 7.47. The summed E-state index contributed by atoms with van der Waals surface area (Å²) in [6, 6.07) is 0. The summed E-state index contributed by atoms with van der Waals surface area (Å²) in [5.74, 6) is -0.816. The first kappa shape index (κ1) is 64.0. The number of rotatable bonds is 52. The number of hydrogen-bond acceptors (Lipinski definition) is 8. The third-order valence-corrected chi connectivity index (χ3v) is 13.0. The third kappa shape index (κ3) is 51.4. The second kappa shape index (κ2) is 52.3. The van der Waals surface area contributed by atoms with Crippen LogP contribution in [-0.4, -0.2) is 49.3 Å². The van der Waals surface area contributed by atoms with Crippen LogP contribution in [0.25, 0.3) is 0 Å². The molecule has 3 N–H and O–H groups in total. The smallest absolute Gasteiger partial charge is 0.462 e. The normalized spacial score (nSPS) is 13.5. The maximum atomic E-state index is 12.7. The summed E-state index contributed by atoms with van der Waals surface area (Å²) in [4.78, 5) is 35.1. The van der Waals surface area contributed by atoms with Crippen LogP contribution < -0.4 is 5.73 Å². The Labute approximate surface area is 407 Å². The summed E-state index contributed by atoms with van der Waals surface area (Å²) < 4.78 is 33.0. The Kier molecular flexibility index (Phi) is 50.7. The minimum Gasteiger partial charge on any atom is -0.462 e. The molecule has 0 radical (unpaired) electrons. The SMILES string of the molecule is CC/C=C\C/C=C\C/C=C\C/C=C\CCCCCCCCCCCCCCCCC(=O)OC(COC(=O)CCCCCCCCCCCCCCCCCCCC)COP(=O)(O)OCCN. The highest BCUT2D eigenvalue weighted by Crippen LogP contribution is 2.43. The topological polar surface area (TPSA) is 134 Å². The van der Waals surface area contributed by atoms with Crippen molar-refractivity contribution in [3.05, 3.63) is 48.6 Å². The van der Waals surface area contributed by atoms with Crippen LogP contribution in [-0.2, 0) is 32.7 Å². The van der Waals surface area contributed by atoms with Crippen LogP contribution in [0.4, 0.5) is 0 Å². The number of esters is 2. The molecule has 0 amide bonds. The lowest BCUT2D eigenvalue weighted by molar-refractivity contribution is -0.161. The van der Waals surface area contributed by atoms with Gasteiger partial charge in [-0.05, 0) is 51.4 Å². The zero-order valence-electron chi connectivity index (χ0n) is 42.9. The van der Waals surface area contributed by atoms with Crippen molar-refractivity contribution in [1.82, 2.24) is 0 Å². The minimum atomic E-state index is -4.38. The molecule has 9 nitrogen and oxygen atoms in total. The van der Waals surface area contributed by atoms with E-state index in [9.17, 15) is 19.0 Å². The predicted octanol–water partition coefficient (Wildman–Crippen LogP) is 17.0. The lowest BCUT2D eigenvalue weighted by atomic mass is 10.0. The predicted molar refractivity (Wildman–Crippen MR) is 280 cm³/mol. The summed E-state index contributed by atoms with van der Waals surface area (Å²) in [6.07, 6.45) is 63.0. The van der Waals surface area contributed by atoms with Crippen LogP contribution in [0.2, 0.25) is 0 Å². The minimum absolute atomic E-state index is 0.0542. The van der Waals surface area contributed by atoms with Gasteiger partial charge in [0.1, 0.15) is 6.61 Å². The van der Waals surface area contributed by atoms with E-state index in [1.54, 1.807) is 0 Å². The van der Waals surface area contributed by atoms with E-state index in [0.29, 0.717) is 6.42 Å². The molecule has 0 bridgehead atoms. The molecule has 0 fully saturated rings. The number of carbonyl (C=O) groups is 2. The molecule has 0 heterocycles. The van der Waals surface area contributed by atoms with Gasteiger partial charge in [0.2, 0.25) is 0 Å². The van der Waals surface area contributed by atoms with Gasteiger partial charge in [0.05, 0.1) is 13.2 Å². The van der Waals surface area contributed by atoms with Crippen LogP contribution in [0.5, 0.6) is 0 Å². The second-order valence-electron chi connectivity index (χ2n) is 18.4. The number of ether oxygens (including phenoxy) is 2. The second-order valence-corrected chi connectivity index (χ2v) is 19.9. The molecule has 0 saturated carbocycles. The Morgan fingerprint density at radius 3 is 1.24 bits per heavy atom. The number of phosphoric acid groups is 1. The van der Waals surface area contributed by atoms with Gasteiger partial charge >= 0.3 is 19.8 Å². The van der Waals surface area contributed by atoms with E-state index in [-0.39, 0.29) is 38.6 Å². The first-order valence-electron chi connectivity index (χ1n) is 27.6. The molecule has 0 aromatic heterocycles. The van der Waals surface area contributed by atoms with Gasteiger partial charge in [-0.15, -0.1) is 0 Å². The van der Waals surface area contributed by atoms with Crippen LogP contribution >= 0.6 is 7.82 Å². The van der Waals surface area contributed by atoms with Crippen molar-refractivity contribution in [3.63, 3.8) is 0 Å². The summed E-state index contributed by atoms with van der Waals surface area (Å²) >= 11 is 0. The summed E-state index contributed by atoms with van der Waals surface area (Å²) in [5.41, 5.74) is 5.38. The van der Waals surface area contributed by atoms with Gasteiger partial charge in [-0.1, -0.05) is 249 Å². The van der Waals surface area contributed by atoms with E-state index in [1.165, 1.54) is 167 Å². The monoisotopic (exact) mass is 950 g/mol.